The fourth-order valence-corrected chi connectivity index (χ4v) is 1.47. The van der Waals surface area contributed by atoms with Crippen LogP contribution in [0.15, 0.2) is 30.3 Å². The van der Waals surface area contributed by atoms with Crippen molar-refractivity contribution in [3.05, 3.63) is 42.8 Å². The Bertz CT molecular complexity index is 417. The van der Waals surface area contributed by atoms with Crippen LogP contribution in [0.1, 0.15) is 5.56 Å². The molecule has 0 spiro atoms. The summed E-state index contributed by atoms with van der Waals surface area (Å²) < 4.78 is 0. The summed E-state index contributed by atoms with van der Waals surface area (Å²) in [6.45, 7) is 3.84. The number of nitrogens with zero attached hydrogens (tertiary/aromatic N) is 1. The highest BCUT2D eigenvalue weighted by molar-refractivity contribution is 5.67. The molecule has 0 amide bonds. The van der Waals surface area contributed by atoms with Gasteiger partial charge in [0.15, 0.2) is 0 Å². The molecule has 0 fully saturated rings. The molecule has 0 atom stereocenters. The van der Waals surface area contributed by atoms with Gasteiger partial charge in [-0.15, -0.1) is 0 Å². The second-order valence-electron chi connectivity index (χ2n) is 3.08. The van der Waals surface area contributed by atoms with Gasteiger partial charge >= 0.3 is 0 Å². The van der Waals surface area contributed by atoms with E-state index in [1.807, 2.05) is 30.3 Å². The van der Waals surface area contributed by atoms with Gasteiger partial charge < -0.3 is 5.73 Å². The van der Waals surface area contributed by atoms with Gasteiger partial charge in [0.25, 0.3) is 0 Å². The molecule has 0 bridgehead atoms. The van der Waals surface area contributed by atoms with Crippen molar-refractivity contribution >= 4 is 5.82 Å². The molecule has 1 heterocycles. The summed E-state index contributed by atoms with van der Waals surface area (Å²) in [6, 6.07) is 9.95. The third kappa shape index (κ3) is 1.37. The molecular weight excluding hydrogens is 174 g/mol. The lowest BCUT2D eigenvalue weighted by Crippen LogP contribution is -1.90. The Morgan fingerprint density at radius 3 is 2.64 bits per heavy atom. The summed E-state index contributed by atoms with van der Waals surface area (Å²) in [6.07, 6.45) is 0.645. The molecule has 14 heavy (non-hydrogen) atoms. The second kappa shape index (κ2) is 3.54. The van der Waals surface area contributed by atoms with Crippen molar-refractivity contribution in [3.63, 3.8) is 0 Å². The molecule has 2 rings (SSSR count). The van der Waals surface area contributed by atoms with E-state index in [4.69, 9.17) is 5.73 Å². The monoisotopic (exact) mass is 186 g/mol. The Morgan fingerprint density at radius 1 is 1.29 bits per heavy atom. The highest BCUT2D eigenvalue weighted by Gasteiger charge is 2.09. The molecule has 3 nitrogen and oxygen atoms in total. The average molecular weight is 186 g/mol. The molecule has 3 heteroatoms. The maximum atomic E-state index is 5.73. The summed E-state index contributed by atoms with van der Waals surface area (Å²) in [4.78, 5) is 0. The summed E-state index contributed by atoms with van der Waals surface area (Å²) in [5.74, 6) is 0.610. The first-order valence-electron chi connectivity index (χ1n) is 4.50. The van der Waals surface area contributed by atoms with E-state index in [0.29, 0.717) is 12.2 Å². The lowest BCUT2D eigenvalue weighted by atomic mass is 10.1. The van der Waals surface area contributed by atoms with Gasteiger partial charge in [0.2, 0.25) is 0 Å². The van der Waals surface area contributed by atoms with Crippen molar-refractivity contribution in [1.82, 2.24) is 10.2 Å². The summed E-state index contributed by atoms with van der Waals surface area (Å²) in [5, 5.41) is 6.94. The van der Waals surface area contributed by atoms with E-state index in [1.54, 1.807) is 0 Å². The Kier molecular flexibility index (Phi) is 2.23. The van der Waals surface area contributed by atoms with Crippen LogP contribution in [0.4, 0.5) is 5.82 Å². The number of H-pyrrole nitrogens is 1. The molecule has 0 aliphatic rings. The third-order valence-corrected chi connectivity index (χ3v) is 2.20. The summed E-state index contributed by atoms with van der Waals surface area (Å²) >= 11 is 0. The minimum atomic E-state index is 0.610. The second-order valence-corrected chi connectivity index (χ2v) is 3.08. The SMILES string of the molecule is [CH2]Cc1c(-c2ccccc2)n[nH]c1N. The number of aromatic amines is 1. The quantitative estimate of drug-likeness (QED) is 0.754. The van der Waals surface area contributed by atoms with Crippen molar-refractivity contribution in [2.75, 3.05) is 5.73 Å². The van der Waals surface area contributed by atoms with Gasteiger partial charge in [0.1, 0.15) is 5.82 Å². The van der Waals surface area contributed by atoms with E-state index in [0.717, 1.165) is 16.8 Å². The largest absolute Gasteiger partial charge is 0.384 e. The van der Waals surface area contributed by atoms with Crippen LogP contribution in [0.25, 0.3) is 11.3 Å². The standard InChI is InChI=1S/C11H12N3/c1-2-9-10(13-14-11(9)12)8-6-4-3-5-7-8/h3-7H,1-2H2,(H3,12,13,14). The van der Waals surface area contributed by atoms with Gasteiger partial charge in [0, 0.05) is 11.1 Å². The number of rotatable bonds is 2. The molecule has 2 aromatic rings. The average Bonchev–Trinajstić information content (AvgIpc) is 2.61. The van der Waals surface area contributed by atoms with Crippen molar-refractivity contribution in [2.24, 2.45) is 0 Å². The Balaban J connectivity index is 2.52. The fourth-order valence-electron chi connectivity index (χ4n) is 1.47. The van der Waals surface area contributed by atoms with Crippen LogP contribution in [0, 0.1) is 6.92 Å². The van der Waals surface area contributed by atoms with Gasteiger partial charge in [-0.25, -0.2) is 0 Å². The van der Waals surface area contributed by atoms with Crippen LogP contribution >= 0.6 is 0 Å². The molecule has 0 saturated heterocycles. The summed E-state index contributed by atoms with van der Waals surface area (Å²) in [7, 11) is 0. The number of nitrogens with two attached hydrogens (primary N) is 1. The molecule has 1 radical (unpaired) electrons. The zero-order valence-corrected chi connectivity index (χ0v) is 7.83. The maximum Gasteiger partial charge on any atom is 0.122 e. The molecule has 1 aromatic carbocycles. The molecule has 0 aliphatic heterocycles. The maximum absolute atomic E-state index is 5.73. The zero-order chi connectivity index (χ0) is 9.97. The van der Waals surface area contributed by atoms with Crippen LogP contribution in [-0.2, 0) is 6.42 Å². The Morgan fingerprint density at radius 2 is 2.00 bits per heavy atom. The van der Waals surface area contributed by atoms with E-state index in [-0.39, 0.29) is 0 Å². The van der Waals surface area contributed by atoms with E-state index < -0.39 is 0 Å². The number of nitrogens with one attached hydrogen (secondary N) is 1. The summed E-state index contributed by atoms with van der Waals surface area (Å²) in [5.41, 5.74) is 8.68. The molecule has 0 saturated carbocycles. The van der Waals surface area contributed by atoms with Crippen molar-refractivity contribution in [3.8, 4) is 11.3 Å². The minimum absolute atomic E-state index is 0.610. The van der Waals surface area contributed by atoms with Crippen LogP contribution in [-0.4, -0.2) is 10.2 Å². The van der Waals surface area contributed by atoms with Crippen molar-refractivity contribution < 1.29 is 0 Å². The third-order valence-electron chi connectivity index (χ3n) is 2.20. The number of benzene rings is 1. The number of hydrogen-bond acceptors (Lipinski definition) is 2. The molecule has 0 aliphatic carbocycles. The predicted molar refractivity (Wildman–Crippen MR) is 57.5 cm³/mol. The Hall–Kier alpha value is -1.77. The molecule has 71 valence electrons. The van der Waals surface area contributed by atoms with Crippen LogP contribution in [0.2, 0.25) is 0 Å². The molecule has 1 aromatic heterocycles. The molecular formula is C11H12N3. The van der Waals surface area contributed by atoms with Gasteiger partial charge in [-0.3, -0.25) is 5.10 Å². The number of aromatic nitrogens is 2. The topological polar surface area (TPSA) is 54.7 Å². The normalized spacial score (nSPS) is 10.4. The van der Waals surface area contributed by atoms with Crippen LogP contribution in [0.3, 0.4) is 0 Å². The fraction of sp³-hybridized carbons (Fsp3) is 0.0909. The van der Waals surface area contributed by atoms with Gasteiger partial charge in [-0.2, -0.15) is 5.10 Å². The van der Waals surface area contributed by atoms with Gasteiger partial charge in [0.05, 0.1) is 5.69 Å². The molecule has 0 unspecified atom stereocenters. The first kappa shape index (κ1) is 8.81. The minimum Gasteiger partial charge on any atom is -0.384 e. The number of nitrogen functional groups attached to an aromatic ring is 1. The molecule has 3 N–H and O–H groups in total. The van der Waals surface area contributed by atoms with E-state index in [1.165, 1.54) is 0 Å². The van der Waals surface area contributed by atoms with E-state index >= 15 is 0 Å². The highest BCUT2D eigenvalue weighted by Crippen LogP contribution is 2.24. The lowest BCUT2D eigenvalue weighted by Gasteiger charge is -1.99. The van der Waals surface area contributed by atoms with Crippen LogP contribution in [0.5, 0.6) is 0 Å². The van der Waals surface area contributed by atoms with E-state index in [2.05, 4.69) is 17.1 Å². The predicted octanol–water partition coefficient (Wildman–Crippen LogP) is 2.04. The van der Waals surface area contributed by atoms with Crippen molar-refractivity contribution in [1.29, 1.82) is 0 Å². The highest BCUT2D eigenvalue weighted by atomic mass is 15.2. The first-order valence-corrected chi connectivity index (χ1v) is 4.50. The first-order chi connectivity index (χ1) is 6.83. The van der Waals surface area contributed by atoms with Crippen molar-refractivity contribution in [2.45, 2.75) is 6.42 Å². The lowest BCUT2D eigenvalue weighted by molar-refractivity contribution is 1.10. The van der Waals surface area contributed by atoms with Crippen LogP contribution < -0.4 is 5.73 Å². The van der Waals surface area contributed by atoms with Gasteiger partial charge in [-0.1, -0.05) is 30.3 Å². The zero-order valence-electron chi connectivity index (χ0n) is 7.83. The smallest absolute Gasteiger partial charge is 0.122 e. The Labute approximate surface area is 83.0 Å². The number of anilines is 1. The number of hydrogen-bond donors (Lipinski definition) is 2. The van der Waals surface area contributed by atoms with Gasteiger partial charge in [-0.05, 0) is 13.3 Å². The van der Waals surface area contributed by atoms with E-state index in [9.17, 15) is 0 Å².